The molecule has 3 rings (SSSR count). The number of carbonyl (C=O) groups excluding carboxylic acids is 2. The first-order valence-electron chi connectivity index (χ1n) is 15.4. The van der Waals surface area contributed by atoms with Gasteiger partial charge >= 0.3 is 0 Å². The van der Waals surface area contributed by atoms with Crippen LogP contribution in [-0.2, 0) is 5.41 Å². The van der Waals surface area contributed by atoms with E-state index in [1.54, 1.807) is 0 Å². The van der Waals surface area contributed by atoms with E-state index in [4.69, 9.17) is 0 Å². The molecule has 37 heavy (non-hydrogen) atoms. The van der Waals surface area contributed by atoms with Gasteiger partial charge in [0.25, 0.3) is 0 Å². The van der Waals surface area contributed by atoms with E-state index in [2.05, 4.69) is 38.1 Å². The highest BCUT2D eigenvalue weighted by Gasteiger charge is 2.42. The number of rotatable bonds is 20. The van der Waals surface area contributed by atoms with Crippen molar-refractivity contribution in [2.24, 2.45) is 0 Å². The Morgan fingerprint density at radius 3 is 1.22 bits per heavy atom. The topological polar surface area (TPSA) is 34.1 Å². The van der Waals surface area contributed by atoms with Crippen LogP contribution in [0.1, 0.15) is 161 Å². The first-order valence-corrected chi connectivity index (χ1v) is 15.4. The number of hydrogen-bond acceptors (Lipinski definition) is 2. The lowest BCUT2D eigenvalue weighted by molar-refractivity contribution is 0.111. The number of aldehydes is 2. The van der Waals surface area contributed by atoms with E-state index >= 15 is 0 Å². The van der Waals surface area contributed by atoms with E-state index in [1.807, 2.05) is 12.1 Å². The summed E-state index contributed by atoms with van der Waals surface area (Å²) in [5.74, 6) is 0. The van der Waals surface area contributed by atoms with Crippen molar-refractivity contribution in [3.63, 3.8) is 0 Å². The Labute approximate surface area is 226 Å². The fourth-order valence-electron chi connectivity index (χ4n) is 6.46. The van der Waals surface area contributed by atoms with Crippen LogP contribution in [0.2, 0.25) is 0 Å². The molecule has 0 unspecified atom stereocenters. The van der Waals surface area contributed by atoms with E-state index in [1.165, 1.54) is 125 Å². The van der Waals surface area contributed by atoms with Gasteiger partial charge in [0.1, 0.15) is 12.6 Å². The molecule has 2 aromatic rings. The molecule has 0 heterocycles. The highest BCUT2D eigenvalue weighted by molar-refractivity contribution is 5.87. The smallest absolute Gasteiger partial charge is 0.150 e. The number of hydrogen-bond donors (Lipinski definition) is 0. The van der Waals surface area contributed by atoms with Crippen LogP contribution in [0.25, 0.3) is 11.1 Å². The molecule has 202 valence electrons. The van der Waals surface area contributed by atoms with E-state index in [0.29, 0.717) is 0 Å². The van der Waals surface area contributed by atoms with Crippen LogP contribution in [0.3, 0.4) is 0 Å². The number of carbonyl (C=O) groups is 2. The van der Waals surface area contributed by atoms with Gasteiger partial charge < -0.3 is 0 Å². The minimum atomic E-state index is -0.0902. The van der Waals surface area contributed by atoms with E-state index in [0.717, 1.165) is 36.5 Å². The van der Waals surface area contributed by atoms with Crippen molar-refractivity contribution >= 4 is 12.6 Å². The van der Waals surface area contributed by atoms with E-state index < -0.39 is 0 Å². The zero-order valence-electron chi connectivity index (χ0n) is 23.7. The lowest BCUT2D eigenvalue weighted by atomic mass is 9.70. The average Bonchev–Trinajstić information content (AvgIpc) is 3.20. The Balaban J connectivity index is 1.78. The second-order valence-corrected chi connectivity index (χ2v) is 11.4. The van der Waals surface area contributed by atoms with Crippen LogP contribution >= 0.6 is 0 Å². The lowest BCUT2D eigenvalue weighted by Gasteiger charge is -2.33. The first-order chi connectivity index (χ1) is 18.2. The third kappa shape index (κ3) is 7.88. The van der Waals surface area contributed by atoms with Gasteiger partial charge in [-0.05, 0) is 47.2 Å². The Kier molecular flexibility index (Phi) is 12.6. The molecule has 1 aliphatic rings. The molecule has 2 heteroatoms. The second-order valence-electron chi connectivity index (χ2n) is 11.4. The molecule has 0 spiro atoms. The van der Waals surface area contributed by atoms with Gasteiger partial charge in [-0.2, -0.15) is 0 Å². The molecule has 0 fully saturated rings. The SMILES string of the molecule is CCCCCCCCCCC1(CCCCCCCCCC)c2cc(C=O)ccc2-c2ccc(C=O)cc21. The molecule has 1 aliphatic carbocycles. The molecule has 0 aliphatic heterocycles. The number of benzene rings is 2. The van der Waals surface area contributed by atoms with Gasteiger partial charge in [-0.25, -0.2) is 0 Å². The Bertz CT molecular complexity index is 894. The monoisotopic (exact) mass is 502 g/mol. The van der Waals surface area contributed by atoms with E-state index in [-0.39, 0.29) is 5.41 Å². The average molecular weight is 503 g/mol. The maximum absolute atomic E-state index is 11.8. The molecule has 0 N–H and O–H groups in total. The highest BCUT2D eigenvalue weighted by atomic mass is 16.1. The van der Waals surface area contributed by atoms with Crippen molar-refractivity contribution in [2.45, 2.75) is 135 Å². The molecular formula is C35H50O2. The van der Waals surface area contributed by atoms with Crippen molar-refractivity contribution < 1.29 is 9.59 Å². The molecule has 0 amide bonds. The Morgan fingerprint density at radius 2 is 0.865 bits per heavy atom. The molecule has 0 saturated carbocycles. The van der Waals surface area contributed by atoms with Gasteiger partial charge in [0, 0.05) is 16.5 Å². The molecule has 0 radical (unpaired) electrons. The zero-order valence-corrected chi connectivity index (χ0v) is 23.7. The van der Waals surface area contributed by atoms with Gasteiger partial charge in [-0.1, -0.05) is 141 Å². The summed E-state index contributed by atoms with van der Waals surface area (Å²) in [5.41, 5.74) is 6.60. The summed E-state index contributed by atoms with van der Waals surface area (Å²) in [4.78, 5) is 23.5. The first kappa shape index (κ1) is 29.3. The van der Waals surface area contributed by atoms with Crippen molar-refractivity contribution in [1.29, 1.82) is 0 Å². The lowest BCUT2D eigenvalue weighted by Crippen LogP contribution is -2.26. The van der Waals surface area contributed by atoms with Gasteiger partial charge in [-0.3, -0.25) is 9.59 Å². The van der Waals surface area contributed by atoms with Gasteiger partial charge in [0.2, 0.25) is 0 Å². The molecule has 0 bridgehead atoms. The third-order valence-corrected chi connectivity index (χ3v) is 8.59. The van der Waals surface area contributed by atoms with Crippen LogP contribution in [0.15, 0.2) is 36.4 Å². The van der Waals surface area contributed by atoms with Crippen molar-refractivity contribution in [1.82, 2.24) is 0 Å². The zero-order chi connectivity index (χ0) is 26.3. The summed E-state index contributed by atoms with van der Waals surface area (Å²) < 4.78 is 0. The maximum Gasteiger partial charge on any atom is 0.150 e. The minimum absolute atomic E-state index is 0.0902. The van der Waals surface area contributed by atoms with Crippen LogP contribution in [-0.4, -0.2) is 12.6 Å². The molecule has 0 atom stereocenters. The van der Waals surface area contributed by atoms with Gasteiger partial charge in [0.05, 0.1) is 0 Å². The summed E-state index contributed by atoms with van der Waals surface area (Å²) >= 11 is 0. The highest BCUT2D eigenvalue weighted by Crippen LogP contribution is 2.54. The molecule has 0 saturated heterocycles. The summed E-state index contributed by atoms with van der Waals surface area (Å²) in [7, 11) is 0. The normalized spacial score (nSPS) is 13.4. The summed E-state index contributed by atoms with van der Waals surface area (Å²) in [5, 5.41) is 0. The molecule has 2 aromatic carbocycles. The van der Waals surface area contributed by atoms with Crippen molar-refractivity contribution in [2.75, 3.05) is 0 Å². The fraction of sp³-hybridized carbons (Fsp3) is 0.600. The predicted molar refractivity (Wildman–Crippen MR) is 158 cm³/mol. The summed E-state index contributed by atoms with van der Waals surface area (Å²) in [6, 6.07) is 12.5. The minimum Gasteiger partial charge on any atom is -0.298 e. The Hall–Kier alpha value is -2.22. The largest absolute Gasteiger partial charge is 0.298 e. The van der Waals surface area contributed by atoms with Crippen molar-refractivity contribution in [3.05, 3.63) is 58.7 Å². The fourth-order valence-corrected chi connectivity index (χ4v) is 6.46. The van der Waals surface area contributed by atoms with Gasteiger partial charge in [0.15, 0.2) is 0 Å². The predicted octanol–water partition coefficient (Wildman–Crippen LogP) is 10.6. The summed E-state index contributed by atoms with van der Waals surface area (Å²) in [6.07, 6.45) is 25.1. The quantitative estimate of drug-likeness (QED) is 0.133. The number of fused-ring (bicyclic) bond motifs is 3. The summed E-state index contributed by atoms with van der Waals surface area (Å²) in [6.45, 7) is 4.55. The standard InChI is InChI=1S/C35H50O2/c1-3-5-7-9-11-13-15-17-23-35(24-18-16-14-12-10-8-6-4-2)33-25-29(27-36)19-21-31(33)32-22-20-30(28-37)26-34(32)35/h19-22,25-28H,3-18,23-24H2,1-2H3. The molecule has 0 aromatic heterocycles. The van der Waals surface area contributed by atoms with Crippen molar-refractivity contribution in [3.8, 4) is 11.1 Å². The van der Waals surface area contributed by atoms with Crippen LogP contribution < -0.4 is 0 Å². The third-order valence-electron chi connectivity index (χ3n) is 8.59. The van der Waals surface area contributed by atoms with Crippen LogP contribution in [0.4, 0.5) is 0 Å². The maximum atomic E-state index is 11.8. The Morgan fingerprint density at radius 1 is 0.514 bits per heavy atom. The van der Waals surface area contributed by atoms with Crippen LogP contribution in [0, 0.1) is 0 Å². The van der Waals surface area contributed by atoms with Gasteiger partial charge in [-0.15, -0.1) is 0 Å². The number of unbranched alkanes of at least 4 members (excludes halogenated alkanes) is 14. The molecular weight excluding hydrogens is 452 g/mol. The van der Waals surface area contributed by atoms with E-state index in [9.17, 15) is 9.59 Å². The molecule has 2 nitrogen and oxygen atoms in total. The van der Waals surface area contributed by atoms with Crippen LogP contribution in [0.5, 0.6) is 0 Å². The second kappa shape index (κ2) is 15.9.